The summed E-state index contributed by atoms with van der Waals surface area (Å²) in [6, 6.07) is 8.34. The minimum atomic E-state index is -1.52. The molecule has 7 nitrogen and oxygen atoms in total. The number of aromatic hydroxyl groups is 1. The lowest BCUT2D eigenvalue weighted by molar-refractivity contribution is -0.146. The number of hydrogen-bond donors (Lipinski definition) is 3. The van der Waals surface area contributed by atoms with Crippen LogP contribution in [0.15, 0.2) is 36.4 Å². The number of phenols is 1. The van der Waals surface area contributed by atoms with Crippen LogP contribution in [0.2, 0.25) is 5.02 Å². The van der Waals surface area contributed by atoms with Gasteiger partial charge in [0.05, 0.1) is 11.4 Å². The van der Waals surface area contributed by atoms with E-state index in [1.54, 1.807) is 26.0 Å². The third-order valence-electron chi connectivity index (χ3n) is 5.41. The van der Waals surface area contributed by atoms with Gasteiger partial charge in [-0.2, -0.15) is 0 Å². The molecule has 0 unspecified atom stereocenters. The minimum Gasteiger partial charge on any atom is -0.505 e. The average molecular weight is 461 g/mol. The predicted molar refractivity (Wildman–Crippen MR) is 118 cm³/mol. The van der Waals surface area contributed by atoms with Gasteiger partial charge in [-0.05, 0) is 63.6 Å². The van der Waals surface area contributed by atoms with Crippen LogP contribution in [0.3, 0.4) is 0 Å². The predicted octanol–water partition coefficient (Wildman–Crippen LogP) is 4.22. The number of nitrogens with zero attached hydrogens (tertiary/aromatic N) is 1. The van der Waals surface area contributed by atoms with Gasteiger partial charge in [0.25, 0.3) is 5.91 Å². The quantitative estimate of drug-likeness (QED) is 0.528. The Bertz CT molecular complexity index is 1250. The second kappa shape index (κ2) is 8.27. The third kappa shape index (κ3) is 4.05. The van der Waals surface area contributed by atoms with Crippen molar-refractivity contribution < 1.29 is 29.0 Å². The van der Waals surface area contributed by atoms with E-state index in [9.17, 15) is 29.0 Å². The highest BCUT2D eigenvalue weighted by Crippen LogP contribution is 2.36. The number of hydrogen-bond acceptors (Lipinski definition) is 4. The van der Waals surface area contributed by atoms with E-state index >= 15 is 0 Å². The molecule has 1 atom stereocenters. The van der Waals surface area contributed by atoms with Gasteiger partial charge in [0.2, 0.25) is 5.91 Å². The summed E-state index contributed by atoms with van der Waals surface area (Å²) < 4.78 is 15.5. The van der Waals surface area contributed by atoms with Crippen molar-refractivity contribution in [2.45, 2.75) is 39.2 Å². The van der Waals surface area contributed by atoms with Gasteiger partial charge in [-0.25, -0.2) is 9.18 Å². The highest BCUT2D eigenvalue weighted by molar-refractivity contribution is 6.30. The summed E-state index contributed by atoms with van der Waals surface area (Å²) in [5, 5.41) is 22.5. The van der Waals surface area contributed by atoms with Gasteiger partial charge in [0, 0.05) is 27.7 Å². The summed E-state index contributed by atoms with van der Waals surface area (Å²) in [7, 11) is 0. The van der Waals surface area contributed by atoms with Gasteiger partial charge in [-0.1, -0.05) is 11.6 Å². The zero-order valence-corrected chi connectivity index (χ0v) is 18.6. The molecule has 0 saturated heterocycles. The fraction of sp³-hybridized carbons (Fsp3) is 0.261. The number of carbonyl (C=O) groups excluding carboxylic acids is 2. The molecule has 3 rings (SSSR count). The molecule has 0 spiro atoms. The van der Waals surface area contributed by atoms with Crippen LogP contribution in [0.5, 0.6) is 5.75 Å². The van der Waals surface area contributed by atoms with Crippen molar-refractivity contribution in [1.29, 1.82) is 0 Å². The fourth-order valence-corrected chi connectivity index (χ4v) is 3.70. The molecular formula is C23H22ClFN2O5. The number of rotatable bonds is 5. The summed E-state index contributed by atoms with van der Waals surface area (Å²) in [4.78, 5) is 37.6. The molecule has 0 aliphatic rings. The smallest absolute Gasteiger partial charge is 0.328 e. The number of aromatic nitrogens is 1. The van der Waals surface area contributed by atoms with E-state index in [-0.39, 0.29) is 5.52 Å². The van der Waals surface area contributed by atoms with Gasteiger partial charge >= 0.3 is 5.97 Å². The number of nitrogens with one attached hydrogen (secondary N) is 1. The first-order valence-electron chi connectivity index (χ1n) is 9.74. The standard InChI is InChI=1S/C23H22ClFN2O5/c1-11(20(29)26-23(3,4)22(31)32)19-12(2)27(17-10-16(25)18(28)9-15(17)19)21(30)13-5-7-14(24)8-6-13/h5-11,28H,1-4H3,(H,26,29)(H,31,32)/t11-/m1/s1. The van der Waals surface area contributed by atoms with Crippen molar-refractivity contribution in [3.63, 3.8) is 0 Å². The Morgan fingerprint density at radius 1 is 1.16 bits per heavy atom. The number of amides is 1. The molecule has 0 radical (unpaired) electrons. The monoisotopic (exact) mass is 460 g/mol. The lowest BCUT2D eigenvalue weighted by Gasteiger charge is -2.23. The second-order valence-corrected chi connectivity index (χ2v) is 8.54. The summed E-state index contributed by atoms with van der Waals surface area (Å²) in [5.74, 6) is -4.74. The van der Waals surface area contributed by atoms with Crippen LogP contribution in [0.1, 0.15) is 48.3 Å². The minimum absolute atomic E-state index is 0.171. The molecule has 32 heavy (non-hydrogen) atoms. The van der Waals surface area contributed by atoms with Crippen LogP contribution in [-0.4, -0.2) is 38.1 Å². The largest absolute Gasteiger partial charge is 0.505 e. The van der Waals surface area contributed by atoms with E-state index in [1.807, 2.05) is 0 Å². The summed E-state index contributed by atoms with van der Waals surface area (Å²) in [5.41, 5.74) is -0.328. The van der Waals surface area contributed by atoms with Crippen LogP contribution >= 0.6 is 11.6 Å². The maximum atomic E-state index is 14.2. The molecule has 1 amide bonds. The zero-order chi connectivity index (χ0) is 24.0. The van der Waals surface area contributed by atoms with Crippen LogP contribution in [-0.2, 0) is 9.59 Å². The maximum absolute atomic E-state index is 14.2. The normalized spacial score (nSPS) is 12.6. The number of phenolic OH excluding ortho intramolecular Hbond substituents is 1. The number of halogens is 2. The highest BCUT2D eigenvalue weighted by Gasteiger charge is 2.33. The van der Waals surface area contributed by atoms with Crippen LogP contribution < -0.4 is 5.32 Å². The Morgan fingerprint density at radius 3 is 2.31 bits per heavy atom. The van der Waals surface area contributed by atoms with E-state index < -0.39 is 40.8 Å². The topological polar surface area (TPSA) is 109 Å². The van der Waals surface area contributed by atoms with Gasteiger partial charge in [-0.15, -0.1) is 0 Å². The van der Waals surface area contributed by atoms with Crippen molar-refractivity contribution in [3.05, 3.63) is 64.1 Å². The van der Waals surface area contributed by atoms with Crippen molar-refractivity contribution in [2.75, 3.05) is 0 Å². The molecule has 0 bridgehead atoms. The molecule has 1 aromatic heterocycles. The molecule has 9 heteroatoms. The van der Waals surface area contributed by atoms with Gasteiger partial charge < -0.3 is 15.5 Å². The van der Waals surface area contributed by atoms with Crippen molar-refractivity contribution in [3.8, 4) is 5.75 Å². The van der Waals surface area contributed by atoms with E-state index in [4.69, 9.17) is 11.6 Å². The van der Waals surface area contributed by atoms with E-state index in [2.05, 4.69) is 5.32 Å². The molecule has 3 aromatic rings. The molecule has 0 fully saturated rings. The van der Waals surface area contributed by atoms with E-state index in [0.29, 0.717) is 27.2 Å². The molecular weight excluding hydrogens is 439 g/mol. The van der Waals surface area contributed by atoms with Crippen molar-refractivity contribution in [1.82, 2.24) is 9.88 Å². The van der Waals surface area contributed by atoms with Gasteiger partial charge in [0.1, 0.15) is 5.54 Å². The number of fused-ring (bicyclic) bond motifs is 1. The summed E-state index contributed by atoms with van der Waals surface area (Å²) in [6.45, 7) is 5.85. The summed E-state index contributed by atoms with van der Waals surface area (Å²) >= 11 is 5.90. The van der Waals surface area contributed by atoms with Crippen LogP contribution in [0, 0.1) is 12.7 Å². The van der Waals surface area contributed by atoms with E-state index in [0.717, 1.165) is 12.1 Å². The first-order valence-corrected chi connectivity index (χ1v) is 10.1. The first-order chi connectivity index (χ1) is 14.8. The van der Waals surface area contributed by atoms with E-state index in [1.165, 1.54) is 30.5 Å². The first kappa shape index (κ1) is 23.3. The fourth-order valence-electron chi connectivity index (χ4n) is 3.58. The Kier molecular flexibility index (Phi) is 6.02. The number of benzene rings is 2. The molecule has 1 heterocycles. The Morgan fingerprint density at radius 2 is 1.75 bits per heavy atom. The highest BCUT2D eigenvalue weighted by atomic mass is 35.5. The lowest BCUT2D eigenvalue weighted by Crippen LogP contribution is -2.50. The van der Waals surface area contributed by atoms with Crippen LogP contribution in [0.4, 0.5) is 4.39 Å². The molecule has 168 valence electrons. The SMILES string of the molecule is Cc1c([C@@H](C)C(=O)NC(C)(C)C(=O)O)c2cc(O)c(F)cc2n1C(=O)c1ccc(Cl)cc1. The third-order valence-corrected chi connectivity index (χ3v) is 5.66. The Balaban J connectivity index is 2.19. The average Bonchev–Trinajstić information content (AvgIpc) is 2.98. The second-order valence-electron chi connectivity index (χ2n) is 8.11. The molecule has 2 aromatic carbocycles. The number of carbonyl (C=O) groups is 3. The maximum Gasteiger partial charge on any atom is 0.328 e. The lowest BCUT2D eigenvalue weighted by atomic mass is 9.95. The Hall–Kier alpha value is -3.39. The zero-order valence-electron chi connectivity index (χ0n) is 17.9. The van der Waals surface area contributed by atoms with Crippen LogP contribution in [0.25, 0.3) is 10.9 Å². The molecule has 0 saturated carbocycles. The number of carboxylic acid groups (broad SMARTS) is 1. The van der Waals surface area contributed by atoms with Crippen molar-refractivity contribution in [2.24, 2.45) is 0 Å². The Labute approximate surface area is 188 Å². The van der Waals surface area contributed by atoms with Crippen molar-refractivity contribution >= 4 is 40.3 Å². The van der Waals surface area contributed by atoms with Gasteiger partial charge in [0.15, 0.2) is 11.6 Å². The molecule has 0 aliphatic heterocycles. The molecule has 3 N–H and O–H groups in total. The summed E-state index contributed by atoms with van der Waals surface area (Å²) in [6.07, 6.45) is 0. The number of carboxylic acids is 1. The number of aliphatic carboxylic acids is 1. The van der Waals surface area contributed by atoms with Gasteiger partial charge in [-0.3, -0.25) is 14.2 Å². The molecule has 0 aliphatic carbocycles.